The largest absolute Gasteiger partial charge is 0.289 e. The molecule has 0 unspecified atom stereocenters. The van der Waals surface area contributed by atoms with Crippen molar-refractivity contribution >= 4 is 28.1 Å². The smallest absolute Gasteiger partial charge is 0.272 e. The third-order valence-electron chi connectivity index (χ3n) is 3.12. The van der Waals surface area contributed by atoms with E-state index in [-0.39, 0.29) is 5.91 Å². The Balaban J connectivity index is 1.66. The number of nitrogens with one attached hydrogen (secondary N) is 2. The number of H-pyrrole nitrogens is 1. The molecule has 1 amide bonds. The second kappa shape index (κ2) is 7.02. The fourth-order valence-corrected chi connectivity index (χ4v) is 2.42. The van der Waals surface area contributed by atoms with E-state index in [1.165, 1.54) is 0 Å². The van der Waals surface area contributed by atoms with Crippen LogP contribution in [0.2, 0.25) is 0 Å². The number of hydrazone groups is 1. The quantitative estimate of drug-likeness (QED) is 0.545. The molecule has 0 fully saturated rings. The SMILES string of the molecule is O=C(N/N=C/c1cccc(Br)c1)c1cc(-c2ccccc2)n[nH]1. The van der Waals surface area contributed by atoms with Crippen LogP contribution >= 0.6 is 15.9 Å². The van der Waals surface area contributed by atoms with Gasteiger partial charge in [-0.25, -0.2) is 5.43 Å². The minimum Gasteiger partial charge on any atom is -0.272 e. The van der Waals surface area contributed by atoms with Gasteiger partial charge >= 0.3 is 0 Å². The van der Waals surface area contributed by atoms with Crippen LogP contribution < -0.4 is 5.43 Å². The molecule has 1 heterocycles. The molecule has 5 nitrogen and oxygen atoms in total. The van der Waals surface area contributed by atoms with Gasteiger partial charge in [0.25, 0.3) is 5.91 Å². The topological polar surface area (TPSA) is 70.1 Å². The molecular formula is C17H13BrN4O. The number of benzene rings is 2. The minimum absolute atomic E-state index is 0.342. The van der Waals surface area contributed by atoms with Crippen molar-refractivity contribution in [3.8, 4) is 11.3 Å². The third-order valence-corrected chi connectivity index (χ3v) is 3.61. The Morgan fingerprint density at radius 3 is 2.74 bits per heavy atom. The van der Waals surface area contributed by atoms with Gasteiger partial charge in [-0.2, -0.15) is 10.2 Å². The van der Waals surface area contributed by atoms with Crippen molar-refractivity contribution in [3.05, 3.63) is 76.4 Å². The second-order valence-corrected chi connectivity index (χ2v) is 5.70. The van der Waals surface area contributed by atoms with E-state index in [9.17, 15) is 4.79 Å². The molecule has 0 saturated heterocycles. The third kappa shape index (κ3) is 3.92. The summed E-state index contributed by atoms with van der Waals surface area (Å²) in [6.45, 7) is 0. The maximum absolute atomic E-state index is 12.0. The minimum atomic E-state index is -0.342. The van der Waals surface area contributed by atoms with Crippen LogP contribution in [0.4, 0.5) is 0 Å². The number of amides is 1. The van der Waals surface area contributed by atoms with E-state index < -0.39 is 0 Å². The lowest BCUT2D eigenvalue weighted by molar-refractivity contribution is 0.0950. The molecule has 3 rings (SSSR count). The highest BCUT2D eigenvalue weighted by molar-refractivity contribution is 9.10. The van der Waals surface area contributed by atoms with Gasteiger partial charge in [-0.1, -0.05) is 58.4 Å². The fourth-order valence-electron chi connectivity index (χ4n) is 2.01. The Labute approximate surface area is 141 Å². The summed E-state index contributed by atoms with van der Waals surface area (Å²) in [7, 11) is 0. The van der Waals surface area contributed by atoms with Crippen LogP contribution in [0.25, 0.3) is 11.3 Å². The van der Waals surface area contributed by atoms with Gasteiger partial charge in [0.1, 0.15) is 5.69 Å². The predicted molar refractivity (Wildman–Crippen MR) is 93.2 cm³/mol. The Kier molecular flexibility index (Phi) is 4.63. The summed E-state index contributed by atoms with van der Waals surface area (Å²) in [5.41, 5.74) is 5.38. The first-order valence-corrected chi connectivity index (χ1v) is 7.71. The zero-order valence-corrected chi connectivity index (χ0v) is 13.6. The van der Waals surface area contributed by atoms with Crippen molar-refractivity contribution in [3.63, 3.8) is 0 Å². The lowest BCUT2D eigenvalue weighted by Gasteiger charge is -1.96. The van der Waals surface area contributed by atoms with E-state index in [4.69, 9.17) is 0 Å². The highest BCUT2D eigenvalue weighted by Gasteiger charge is 2.09. The van der Waals surface area contributed by atoms with Crippen molar-refractivity contribution in [1.82, 2.24) is 15.6 Å². The number of halogens is 1. The van der Waals surface area contributed by atoms with Crippen LogP contribution in [0.5, 0.6) is 0 Å². The Hall–Kier alpha value is -2.73. The average Bonchev–Trinajstić information content (AvgIpc) is 3.06. The first kappa shape index (κ1) is 15.2. The number of hydrogen-bond acceptors (Lipinski definition) is 3. The first-order chi connectivity index (χ1) is 11.2. The molecular weight excluding hydrogens is 356 g/mol. The number of aromatic amines is 1. The standard InChI is InChI=1S/C17H13BrN4O/c18-14-8-4-5-12(9-14)11-19-22-17(23)16-10-15(20-21-16)13-6-2-1-3-7-13/h1-11H,(H,20,21)(H,22,23)/b19-11+. The van der Waals surface area contributed by atoms with Gasteiger partial charge in [-0.3, -0.25) is 9.89 Å². The van der Waals surface area contributed by atoms with Crippen LogP contribution in [-0.2, 0) is 0 Å². The summed E-state index contributed by atoms with van der Waals surface area (Å²) < 4.78 is 0.953. The summed E-state index contributed by atoms with van der Waals surface area (Å²) in [5, 5.41) is 10.8. The summed E-state index contributed by atoms with van der Waals surface area (Å²) in [5.74, 6) is -0.342. The van der Waals surface area contributed by atoms with Crippen molar-refractivity contribution in [1.29, 1.82) is 0 Å². The molecule has 0 saturated carbocycles. The molecule has 2 N–H and O–H groups in total. The number of rotatable bonds is 4. The van der Waals surface area contributed by atoms with Crippen molar-refractivity contribution < 1.29 is 4.79 Å². The predicted octanol–water partition coefficient (Wildman–Crippen LogP) is 3.60. The van der Waals surface area contributed by atoms with Crippen LogP contribution in [0.1, 0.15) is 16.1 Å². The van der Waals surface area contributed by atoms with Gasteiger partial charge in [-0.05, 0) is 23.8 Å². The van der Waals surface area contributed by atoms with Crippen LogP contribution in [0, 0.1) is 0 Å². The van der Waals surface area contributed by atoms with Gasteiger partial charge in [0.05, 0.1) is 11.9 Å². The normalized spacial score (nSPS) is 10.8. The van der Waals surface area contributed by atoms with E-state index in [1.807, 2.05) is 54.6 Å². The Bertz CT molecular complexity index is 843. The molecule has 0 spiro atoms. The molecule has 3 aromatic rings. The van der Waals surface area contributed by atoms with Crippen molar-refractivity contribution in [2.75, 3.05) is 0 Å². The number of carbonyl (C=O) groups is 1. The molecule has 114 valence electrons. The lowest BCUT2D eigenvalue weighted by Crippen LogP contribution is -2.17. The second-order valence-electron chi connectivity index (χ2n) is 4.79. The van der Waals surface area contributed by atoms with Crippen LogP contribution in [0.15, 0.2) is 70.2 Å². The average molecular weight is 369 g/mol. The van der Waals surface area contributed by atoms with Crippen LogP contribution in [0.3, 0.4) is 0 Å². The van der Waals surface area contributed by atoms with Crippen molar-refractivity contribution in [2.24, 2.45) is 5.10 Å². The van der Waals surface area contributed by atoms with E-state index >= 15 is 0 Å². The monoisotopic (exact) mass is 368 g/mol. The number of hydrogen-bond donors (Lipinski definition) is 2. The molecule has 6 heteroatoms. The van der Waals surface area contributed by atoms with Gasteiger partial charge in [0.2, 0.25) is 0 Å². The Morgan fingerprint density at radius 1 is 1.13 bits per heavy atom. The van der Waals surface area contributed by atoms with Gasteiger partial charge in [-0.15, -0.1) is 0 Å². The maximum Gasteiger partial charge on any atom is 0.289 e. The molecule has 0 aliphatic carbocycles. The zero-order valence-electron chi connectivity index (χ0n) is 12.0. The van der Waals surface area contributed by atoms with E-state index in [1.54, 1.807) is 12.3 Å². The molecule has 0 bridgehead atoms. The molecule has 2 aromatic carbocycles. The molecule has 0 radical (unpaired) electrons. The van der Waals surface area contributed by atoms with Crippen molar-refractivity contribution in [2.45, 2.75) is 0 Å². The molecule has 0 aliphatic heterocycles. The van der Waals surface area contributed by atoms with E-state index in [0.29, 0.717) is 11.4 Å². The maximum atomic E-state index is 12.0. The summed E-state index contributed by atoms with van der Waals surface area (Å²) in [6, 6.07) is 19.0. The molecule has 23 heavy (non-hydrogen) atoms. The lowest BCUT2D eigenvalue weighted by atomic mass is 10.1. The number of nitrogens with zero attached hydrogens (tertiary/aromatic N) is 2. The highest BCUT2D eigenvalue weighted by Crippen LogP contribution is 2.16. The zero-order chi connectivity index (χ0) is 16.1. The number of carbonyl (C=O) groups excluding carboxylic acids is 1. The van der Waals surface area contributed by atoms with E-state index in [2.05, 4.69) is 36.7 Å². The fraction of sp³-hybridized carbons (Fsp3) is 0. The van der Waals surface area contributed by atoms with Gasteiger partial charge < -0.3 is 0 Å². The molecule has 1 aromatic heterocycles. The Morgan fingerprint density at radius 2 is 1.96 bits per heavy atom. The molecule has 0 atom stereocenters. The molecule has 0 aliphatic rings. The van der Waals surface area contributed by atoms with Crippen LogP contribution in [-0.4, -0.2) is 22.3 Å². The highest BCUT2D eigenvalue weighted by atomic mass is 79.9. The summed E-state index contributed by atoms with van der Waals surface area (Å²) >= 11 is 3.38. The van der Waals surface area contributed by atoms with Gasteiger partial charge in [0, 0.05) is 10.0 Å². The summed E-state index contributed by atoms with van der Waals surface area (Å²) in [6.07, 6.45) is 1.58. The first-order valence-electron chi connectivity index (χ1n) is 6.92. The summed E-state index contributed by atoms with van der Waals surface area (Å²) in [4.78, 5) is 12.0. The van der Waals surface area contributed by atoms with E-state index in [0.717, 1.165) is 15.6 Å². The number of aromatic nitrogens is 2. The van der Waals surface area contributed by atoms with Gasteiger partial charge in [0.15, 0.2) is 0 Å².